The van der Waals surface area contributed by atoms with Crippen LogP contribution in [0.1, 0.15) is 22.3 Å². The van der Waals surface area contributed by atoms with Crippen molar-refractivity contribution in [3.05, 3.63) is 320 Å². The fourth-order valence-electron chi connectivity index (χ4n) is 11.3. The normalized spacial score (nSPS) is 12.3. The van der Waals surface area contributed by atoms with Crippen molar-refractivity contribution in [2.75, 3.05) is 4.90 Å². The lowest BCUT2D eigenvalue weighted by molar-refractivity contribution is 0.768. The van der Waals surface area contributed by atoms with Gasteiger partial charge in [0.1, 0.15) is 0 Å². The molecule has 0 amide bonds. The van der Waals surface area contributed by atoms with E-state index < -0.39 is 5.41 Å². The highest BCUT2D eigenvalue weighted by Crippen LogP contribution is 2.59. The third kappa shape index (κ3) is 7.51. The lowest BCUT2D eigenvalue weighted by atomic mass is 9.68. The van der Waals surface area contributed by atoms with Crippen LogP contribution < -0.4 is 4.90 Å². The summed E-state index contributed by atoms with van der Waals surface area (Å²) in [6.07, 6.45) is 0. The van der Waals surface area contributed by atoms with Crippen LogP contribution in [0.4, 0.5) is 17.1 Å². The van der Waals surface area contributed by atoms with Gasteiger partial charge in [0.2, 0.25) is 0 Å². The van der Waals surface area contributed by atoms with Crippen LogP contribution in [0.5, 0.6) is 0 Å². The molecule has 0 bridgehead atoms. The molecule has 13 rings (SSSR count). The van der Waals surface area contributed by atoms with E-state index in [0.29, 0.717) is 0 Å². The minimum absolute atomic E-state index is 0.537. The standard InChI is InChI=1S/C71H49N/c1-5-19-50(20-6-1)60-47-61(51-21-7-2-8-22-51)49-65(48-60)72(69-34-18-33-68-70(69)66-31-15-16-32-67(66)71(68,62-27-9-3-10-28-62)63-29-11-4-12-30-63)64-43-41-54(42-44-64)53-35-37-55(38-36-53)57-25-17-26-58(45-57)59-40-39-52-23-13-14-24-56(52)46-59/h1-49H. The molecule has 1 nitrogen and oxygen atoms in total. The second-order valence-corrected chi connectivity index (χ2v) is 18.8. The van der Waals surface area contributed by atoms with Crippen molar-refractivity contribution in [1.29, 1.82) is 0 Å². The molecule has 0 unspecified atom stereocenters. The fraction of sp³-hybridized carbons (Fsp3) is 0.0141. The molecule has 0 fully saturated rings. The number of benzene rings is 12. The molecule has 0 radical (unpaired) electrons. The molecule has 0 saturated heterocycles. The number of hydrogen-bond donors (Lipinski definition) is 0. The zero-order chi connectivity index (χ0) is 47.8. The first kappa shape index (κ1) is 42.8. The van der Waals surface area contributed by atoms with Crippen LogP contribution in [0.15, 0.2) is 297 Å². The number of hydrogen-bond acceptors (Lipinski definition) is 1. The second-order valence-electron chi connectivity index (χ2n) is 18.8. The summed E-state index contributed by atoms with van der Waals surface area (Å²) in [6, 6.07) is 109. The summed E-state index contributed by atoms with van der Waals surface area (Å²) in [4.78, 5) is 2.50. The average molecular weight is 916 g/mol. The summed E-state index contributed by atoms with van der Waals surface area (Å²) in [6.45, 7) is 0. The van der Waals surface area contributed by atoms with E-state index in [9.17, 15) is 0 Å². The maximum absolute atomic E-state index is 2.50. The molecule has 0 saturated carbocycles. The zero-order valence-electron chi connectivity index (χ0n) is 39.7. The Kier molecular flexibility index (Phi) is 10.8. The van der Waals surface area contributed by atoms with Gasteiger partial charge in [0.05, 0.1) is 11.1 Å². The van der Waals surface area contributed by atoms with Gasteiger partial charge in [0.15, 0.2) is 0 Å². The van der Waals surface area contributed by atoms with Crippen molar-refractivity contribution in [2.24, 2.45) is 0 Å². The molecule has 0 atom stereocenters. The summed E-state index contributed by atoms with van der Waals surface area (Å²) < 4.78 is 0. The van der Waals surface area contributed by atoms with Gasteiger partial charge in [0, 0.05) is 16.9 Å². The highest BCUT2D eigenvalue weighted by molar-refractivity contribution is 5.98. The lowest BCUT2D eigenvalue weighted by Gasteiger charge is -2.34. The zero-order valence-corrected chi connectivity index (χ0v) is 39.7. The van der Waals surface area contributed by atoms with Crippen molar-refractivity contribution in [1.82, 2.24) is 0 Å². The molecule has 1 aliphatic rings. The summed E-state index contributed by atoms with van der Waals surface area (Å²) >= 11 is 0. The third-order valence-corrected chi connectivity index (χ3v) is 14.7. The van der Waals surface area contributed by atoms with E-state index in [1.54, 1.807) is 0 Å². The van der Waals surface area contributed by atoms with Gasteiger partial charge >= 0.3 is 0 Å². The topological polar surface area (TPSA) is 3.24 Å². The van der Waals surface area contributed by atoms with E-state index in [1.807, 2.05) is 0 Å². The Morgan fingerprint density at radius 3 is 1.28 bits per heavy atom. The Balaban J connectivity index is 0.956. The van der Waals surface area contributed by atoms with E-state index >= 15 is 0 Å². The van der Waals surface area contributed by atoms with Crippen LogP contribution >= 0.6 is 0 Å². The lowest BCUT2D eigenvalue weighted by Crippen LogP contribution is -2.28. The smallest absolute Gasteiger partial charge is 0.0714 e. The number of nitrogens with zero attached hydrogens (tertiary/aromatic N) is 1. The maximum Gasteiger partial charge on any atom is 0.0714 e. The minimum atomic E-state index is -0.537. The monoisotopic (exact) mass is 915 g/mol. The van der Waals surface area contributed by atoms with Gasteiger partial charge in [-0.3, -0.25) is 0 Å². The molecule has 12 aromatic carbocycles. The molecule has 12 aromatic rings. The molecular formula is C71H49N. The second kappa shape index (κ2) is 18.2. The molecule has 72 heavy (non-hydrogen) atoms. The SMILES string of the molecule is c1ccc(-c2cc(-c3ccccc3)cc(N(c3ccc(-c4ccc(-c5cccc(-c6ccc7ccccc7c6)c5)cc4)cc3)c3cccc4c3-c3ccccc3C4(c3ccccc3)c3ccccc3)c2)cc1. The first-order valence-electron chi connectivity index (χ1n) is 24.9. The van der Waals surface area contributed by atoms with E-state index in [2.05, 4.69) is 302 Å². The van der Waals surface area contributed by atoms with Crippen LogP contribution in [-0.4, -0.2) is 0 Å². The highest BCUT2D eigenvalue weighted by atomic mass is 15.1. The van der Waals surface area contributed by atoms with Crippen LogP contribution in [-0.2, 0) is 5.41 Å². The van der Waals surface area contributed by atoms with Crippen molar-refractivity contribution in [3.8, 4) is 66.8 Å². The van der Waals surface area contributed by atoms with Gasteiger partial charge in [-0.15, -0.1) is 0 Å². The van der Waals surface area contributed by atoms with E-state index in [4.69, 9.17) is 0 Å². The predicted molar refractivity (Wildman–Crippen MR) is 303 cm³/mol. The highest BCUT2D eigenvalue weighted by Gasteiger charge is 2.47. The van der Waals surface area contributed by atoms with Gasteiger partial charge in [-0.1, -0.05) is 249 Å². The third-order valence-electron chi connectivity index (χ3n) is 14.7. The molecule has 0 spiro atoms. The first-order valence-corrected chi connectivity index (χ1v) is 24.9. The Morgan fingerprint density at radius 2 is 0.653 bits per heavy atom. The van der Waals surface area contributed by atoms with E-state index in [-0.39, 0.29) is 0 Å². The van der Waals surface area contributed by atoms with E-state index in [1.165, 1.54) is 83.1 Å². The van der Waals surface area contributed by atoms with Gasteiger partial charge in [-0.05, 0) is 143 Å². The molecular weight excluding hydrogens is 867 g/mol. The quantitative estimate of drug-likeness (QED) is 0.132. The van der Waals surface area contributed by atoms with Crippen LogP contribution in [0.2, 0.25) is 0 Å². The largest absolute Gasteiger partial charge is 0.310 e. The molecule has 0 heterocycles. The summed E-state index contributed by atoms with van der Waals surface area (Å²) in [5, 5.41) is 2.51. The van der Waals surface area contributed by atoms with Gasteiger partial charge < -0.3 is 4.90 Å². The van der Waals surface area contributed by atoms with Crippen molar-refractivity contribution in [3.63, 3.8) is 0 Å². The number of rotatable bonds is 10. The van der Waals surface area contributed by atoms with Crippen molar-refractivity contribution < 1.29 is 0 Å². The Hall–Kier alpha value is -9.30. The Morgan fingerprint density at radius 1 is 0.236 bits per heavy atom. The Labute approximate surface area is 422 Å². The van der Waals surface area contributed by atoms with Gasteiger partial charge in [0.25, 0.3) is 0 Å². The molecule has 0 N–H and O–H groups in total. The summed E-state index contributed by atoms with van der Waals surface area (Å²) in [5.41, 5.74) is 22.1. The fourth-order valence-corrected chi connectivity index (χ4v) is 11.3. The van der Waals surface area contributed by atoms with Crippen molar-refractivity contribution in [2.45, 2.75) is 5.41 Å². The molecule has 338 valence electrons. The summed E-state index contributed by atoms with van der Waals surface area (Å²) in [5.74, 6) is 0. The van der Waals surface area contributed by atoms with Crippen molar-refractivity contribution >= 4 is 27.8 Å². The Bertz CT molecular complexity index is 3780. The molecule has 0 aliphatic heterocycles. The number of anilines is 3. The molecule has 1 heteroatoms. The first-order chi connectivity index (χ1) is 35.7. The average Bonchev–Trinajstić information content (AvgIpc) is 3.78. The minimum Gasteiger partial charge on any atom is -0.310 e. The molecule has 0 aromatic heterocycles. The summed E-state index contributed by atoms with van der Waals surface area (Å²) in [7, 11) is 0. The van der Waals surface area contributed by atoms with Crippen LogP contribution in [0, 0.1) is 0 Å². The van der Waals surface area contributed by atoms with Gasteiger partial charge in [-0.2, -0.15) is 0 Å². The van der Waals surface area contributed by atoms with E-state index in [0.717, 1.165) is 33.8 Å². The van der Waals surface area contributed by atoms with Gasteiger partial charge in [-0.25, -0.2) is 0 Å². The maximum atomic E-state index is 2.50. The predicted octanol–water partition coefficient (Wildman–Crippen LogP) is 19.0. The number of fused-ring (bicyclic) bond motifs is 4. The molecule has 1 aliphatic carbocycles. The van der Waals surface area contributed by atoms with Crippen LogP contribution in [0.25, 0.3) is 77.5 Å². The van der Waals surface area contributed by atoms with Crippen LogP contribution in [0.3, 0.4) is 0 Å².